The second-order valence-corrected chi connectivity index (χ2v) is 4.78. The molecule has 1 heterocycles. The van der Waals surface area contributed by atoms with Crippen LogP contribution in [0.25, 0.3) is 0 Å². The maximum atomic E-state index is 10.7. The average molecular weight is 286 g/mol. The lowest BCUT2D eigenvalue weighted by atomic mass is 10.2. The quantitative estimate of drug-likeness (QED) is 0.456. The van der Waals surface area contributed by atoms with E-state index in [4.69, 9.17) is 4.42 Å². The third kappa shape index (κ3) is 3.95. The molecule has 0 amide bonds. The lowest BCUT2D eigenvalue weighted by molar-refractivity contribution is -0.402. The molecule has 0 bridgehead atoms. The van der Waals surface area contributed by atoms with Gasteiger partial charge in [0, 0.05) is 12.2 Å². The molecule has 0 unspecified atom stereocenters. The summed E-state index contributed by atoms with van der Waals surface area (Å²) in [6.07, 6.45) is 4.02. The van der Waals surface area contributed by atoms with E-state index in [1.807, 2.05) is 50.3 Å². The van der Waals surface area contributed by atoms with Gasteiger partial charge in [0.15, 0.2) is 0 Å². The van der Waals surface area contributed by atoms with E-state index in [1.165, 1.54) is 11.6 Å². The highest BCUT2D eigenvalue weighted by Gasteiger charge is 2.14. The third-order valence-corrected chi connectivity index (χ3v) is 3.13. The van der Waals surface area contributed by atoms with Gasteiger partial charge in [0.05, 0.1) is 12.6 Å². The molecule has 1 aromatic carbocycles. The fraction of sp³-hybridized carbons (Fsp3) is 0.250. The Kier molecular flexibility index (Phi) is 4.77. The molecular weight excluding hydrogens is 268 g/mol. The Morgan fingerprint density at radius 1 is 1.24 bits per heavy atom. The van der Waals surface area contributed by atoms with Gasteiger partial charge in [-0.3, -0.25) is 10.1 Å². The molecule has 2 aromatic rings. The number of hydrogen-bond acceptors (Lipinski definition) is 4. The highest BCUT2D eigenvalue weighted by atomic mass is 16.6. The summed E-state index contributed by atoms with van der Waals surface area (Å²) in [7, 11) is 0. The minimum atomic E-state index is -0.522. The van der Waals surface area contributed by atoms with Crippen LogP contribution in [0, 0.1) is 17.0 Å². The Hall–Kier alpha value is -2.56. The summed E-state index contributed by atoms with van der Waals surface area (Å²) in [6.45, 7) is 5.20. The molecule has 5 heteroatoms. The average Bonchev–Trinajstić information content (AvgIpc) is 2.93. The summed E-state index contributed by atoms with van der Waals surface area (Å²) >= 11 is 0. The third-order valence-electron chi connectivity index (χ3n) is 3.13. The van der Waals surface area contributed by atoms with E-state index in [2.05, 4.69) is 4.90 Å². The molecule has 0 spiro atoms. The fourth-order valence-electron chi connectivity index (χ4n) is 1.99. The molecule has 110 valence electrons. The van der Waals surface area contributed by atoms with Crippen LogP contribution in [0.5, 0.6) is 0 Å². The molecule has 0 radical (unpaired) electrons. The second kappa shape index (κ2) is 6.74. The molecule has 0 aliphatic heterocycles. The van der Waals surface area contributed by atoms with Crippen LogP contribution in [0.2, 0.25) is 0 Å². The predicted molar refractivity (Wildman–Crippen MR) is 82.4 cm³/mol. The molecular formula is C16H18N2O3. The van der Waals surface area contributed by atoms with E-state index in [0.29, 0.717) is 18.8 Å². The number of nitrogens with zero attached hydrogens (tertiary/aromatic N) is 2. The molecule has 21 heavy (non-hydrogen) atoms. The van der Waals surface area contributed by atoms with Gasteiger partial charge in [-0.15, -0.1) is 0 Å². The summed E-state index contributed by atoms with van der Waals surface area (Å²) in [4.78, 5) is 12.2. The monoisotopic (exact) mass is 286 g/mol. The Morgan fingerprint density at radius 2 is 1.95 bits per heavy atom. The number of rotatable bonds is 6. The van der Waals surface area contributed by atoms with Crippen LogP contribution in [-0.2, 0) is 6.54 Å². The van der Waals surface area contributed by atoms with E-state index >= 15 is 0 Å². The number of anilines is 1. The van der Waals surface area contributed by atoms with E-state index in [9.17, 15) is 10.1 Å². The van der Waals surface area contributed by atoms with Crippen molar-refractivity contribution >= 4 is 11.6 Å². The Bertz CT molecular complexity index is 629. The van der Waals surface area contributed by atoms with Crippen LogP contribution in [0.15, 0.2) is 53.0 Å². The molecule has 0 aliphatic rings. The van der Waals surface area contributed by atoms with E-state index in [-0.39, 0.29) is 5.88 Å². The van der Waals surface area contributed by atoms with Crippen LogP contribution in [-0.4, -0.2) is 11.5 Å². The molecule has 5 nitrogen and oxygen atoms in total. The van der Waals surface area contributed by atoms with Crippen molar-refractivity contribution in [1.29, 1.82) is 0 Å². The topological polar surface area (TPSA) is 59.5 Å². The van der Waals surface area contributed by atoms with Crippen LogP contribution in [0.1, 0.15) is 18.2 Å². The van der Waals surface area contributed by atoms with Gasteiger partial charge in [-0.2, -0.15) is 0 Å². The predicted octanol–water partition coefficient (Wildman–Crippen LogP) is 4.08. The molecule has 0 aliphatic carbocycles. The van der Waals surface area contributed by atoms with Crippen molar-refractivity contribution in [3.8, 4) is 0 Å². The van der Waals surface area contributed by atoms with Crippen molar-refractivity contribution in [2.24, 2.45) is 0 Å². The first-order chi connectivity index (χ1) is 10.1. The molecule has 1 aromatic heterocycles. The number of benzene rings is 1. The molecule has 2 rings (SSSR count). The summed E-state index contributed by atoms with van der Waals surface area (Å²) in [5.74, 6) is 0.353. The highest BCUT2D eigenvalue weighted by molar-refractivity contribution is 5.48. The summed E-state index contributed by atoms with van der Waals surface area (Å²) < 4.78 is 5.24. The van der Waals surface area contributed by atoms with Crippen molar-refractivity contribution in [1.82, 2.24) is 0 Å². The first-order valence-electron chi connectivity index (χ1n) is 6.76. The van der Waals surface area contributed by atoms with Crippen LogP contribution in [0.3, 0.4) is 0 Å². The van der Waals surface area contributed by atoms with Crippen LogP contribution >= 0.6 is 0 Å². The Morgan fingerprint density at radius 3 is 2.52 bits per heavy atom. The van der Waals surface area contributed by atoms with Gasteiger partial charge in [0.25, 0.3) is 0 Å². The largest absolute Gasteiger partial charge is 0.433 e. The Labute approximate surface area is 123 Å². The number of furan rings is 1. The van der Waals surface area contributed by atoms with Gasteiger partial charge in [-0.25, -0.2) is 0 Å². The zero-order chi connectivity index (χ0) is 15.2. The van der Waals surface area contributed by atoms with Gasteiger partial charge < -0.3 is 9.32 Å². The number of aryl methyl sites for hydroxylation is 1. The lowest BCUT2D eigenvalue weighted by Crippen LogP contribution is -2.22. The molecule has 0 saturated carbocycles. The van der Waals surface area contributed by atoms with Crippen molar-refractivity contribution in [3.05, 3.63) is 70.0 Å². The number of allylic oxidation sites excluding steroid dienone is 1. The second-order valence-electron chi connectivity index (χ2n) is 4.78. The zero-order valence-corrected chi connectivity index (χ0v) is 12.2. The SMILES string of the molecule is C/C=C/CN(Cc1ccc([N+](=O)[O-])o1)c1ccc(C)cc1. The highest BCUT2D eigenvalue weighted by Crippen LogP contribution is 2.21. The molecule has 0 fully saturated rings. The van der Waals surface area contributed by atoms with E-state index in [1.54, 1.807) is 6.07 Å². The van der Waals surface area contributed by atoms with Gasteiger partial charge in [-0.1, -0.05) is 29.8 Å². The molecule has 0 N–H and O–H groups in total. The van der Waals surface area contributed by atoms with Crippen LogP contribution < -0.4 is 4.90 Å². The van der Waals surface area contributed by atoms with Gasteiger partial charge in [0.1, 0.15) is 10.7 Å². The van der Waals surface area contributed by atoms with Crippen molar-refractivity contribution in [3.63, 3.8) is 0 Å². The first-order valence-corrected chi connectivity index (χ1v) is 6.76. The molecule has 0 atom stereocenters. The maximum absolute atomic E-state index is 10.7. The van der Waals surface area contributed by atoms with Crippen LogP contribution in [0.4, 0.5) is 11.6 Å². The summed E-state index contributed by atoms with van der Waals surface area (Å²) in [5.41, 5.74) is 2.25. The lowest BCUT2D eigenvalue weighted by Gasteiger charge is -2.22. The summed E-state index contributed by atoms with van der Waals surface area (Å²) in [6, 6.07) is 11.2. The Balaban J connectivity index is 2.19. The van der Waals surface area contributed by atoms with Gasteiger partial charge in [-0.05, 0) is 32.0 Å². The number of hydrogen-bond donors (Lipinski definition) is 0. The number of nitro groups is 1. The minimum Gasteiger partial charge on any atom is -0.404 e. The van der Waals surface area contributed by atoms with Crippen molar-refractivity contribution in [2.75, 3.05) is 11.4 Å². The van der Waals surface area contributed by atoms with Crippen molar-refractivity contribution in [2.45, 2.75) is 20.4 Å². The fourth-order valence-corrected chi connectivity index (χ4v) is 1.99. The molecule has 0 saturated heterocycles. The van der Waals surface area contributed by atoms with E-state index < -0.39 is 4.92 Å². The van der Waals surface area contributed by atoms with E-state index in [0.717, 1.165) is 5.69 Å². The minimum absolute atomic E-state index is 0.222. The van der Waals surface area contributed by atoms with Gasteiger partial charge >= 0.3 is 5.88 Å². The standard InChI is InChI=1S/C16H18N2O3/c1-3-4-11-17(14-7-5-13(2)6-8-14)12-15-9-10-16(21-15)18(19)20/h3-10H,11-12H2,1-2H3/b4-3+. The van der Waals surface area contributed by atoms with Crippen molar-refractivity contribution < 1.29 is 9.34 Å². The first kappa shape index (κ1) is 14.8. The smallest absolute Gasteiger partial charge is 0.404 e. The normalized spacial score (nSPS) is 11.0. The van der Waals surface area contributed by atoms with Gasteiger partial charge in [0.2, 0.25) is 0 Å². The zero-order valence-electron chi connectivity index (χ0n) is 12.2. The summed E-state index contributed by atoms with van der Waals surface area (Å²) in [5, 5.41) is 10.7. The maximum Gasteiger partial charge on any atom is 0.433 e.